The molecule has 1 aromatic carbocycles. The van der Waals surface area contributed by atoms with Crippen LogP contribution in [0.2, 0.25) is 5.02 Å². The average Bonchev–Trinajstić information content (AvgIpc) is 2.20. The maximum absolute atomic E-state index is 6.21. The van der Waals surface area contributed by atoms with E-state index in [2.05, 4.69) is 44.3 Å². The van der Waals surface area contributed by atoms with E-state index in [1.165, 1.54) is 11.1 Å². The van der Waals surface area contributed by atoms with Crippen LogP contribution >= 0.6 is 11.6 Å². The van der Waals surface area contributed by atoms with Crippen LogP contribution in [0, 0.1) is 0 Å². The molecule has 0 bridgehead atoms. The predicted molar refractivity (Wildman–Crippen MR) is 67.5 cm³/mol. The van der Waals surface area contributed by atoms with E-state index in [0.29, 0.717) is 5.92 Å². The molecule has 0 atom stereocenters. The van der Waals surface area contributed by atoms with E-state index in [1.807, 2.05) is 0 Å². The third-order valence-corrected chi connectivity index (χ3v) is 2.84. The number of hydrogen-bond donors (Lipinski definition) is 1. The van der Waals surface area contributed by atoms with Crippen molar-refractivity contribution < 1.29 is 0 Å². The first-order valence-corrected chi connectivity index (χ1v) is 6.02. The molecule has 0 saturated carbocycles. The minimum atomic E-state index is 0.542. The summed E-state index contributed by atoms with van der Waals surface area (Å²) in [5, 5.41) is 4.24. The highest BCUT2D eigenvalue weighted by Gasteiger charge is 2.03. The molecule has 0 unspecified atom stereocenters. The van der Waals surface area contributed by atoms with E-state index in [1.54, 1.807) is 0 Å². The maximum atomic E-state index is 6.21. The predicted octanol–water partition coefficient (Wildman–Crippen LogP) is 3.96. The van der Waals surface area contributed by atoms with Gasteiger partial charge in [-0.1, -0.05) is 44.5 Å². The van der Waals surface area contributed by atoms with Crippen molar-refractivity contribution in [2.24, 2.45) is 0 Å². The lowest BCUT2D eigenvalue weighted by Crippen LogP contribution is -2.14. The van der Waals surface area contributed by atoms with Gasteiger partial charge in [0.2, 0.25) is 0 Å². The molecule has 15 heavy (non-hydrogen) atoms. The van der Waals surface area contributed by atoms with Crippen LogP contribution < -0.4 is 5.32 Å². The largest absolute Gasteiger partial charge is 0.313 e. The van der Waals surface area contributed by atoms with Crippen LogP contribution in [0.1, 0.15) is 44.2 Å². The Balaban J connectivity index is 2.66. The van der Waals surface area contributed by atoms with Crippen molar-refractivity contribution in [2.45, 2.75) is 39.7 Å². The molecule has 0 aliphatic heterocycles. The fraction of sp³-hybridized carbons (Fsp3) is 0.538. The van der Waals surface area contributed by atoms with Crippen LogP contribution in [0.4, 0.5) is 0 Å². The fourth-order valence-corrected chi connectivity index (χ4v) is 1.72. The minimum Gasteiger partial charge on any atom is -0.313 e. The van der Waals surface area contributed by atoms with Gasteiger partial charge in [-0.25, -0.2) is 0 Å². The summed E-state index contributed by atoms with van der Waals surface area (Å²) in [5.41, 5.74) is 2.49. The number of nitrogens with one attached hydrogen (secondary N) is 1. The zero-order valence-corrected chi connectivity index (χ0v) is 10.6. The van der Waals surface area contributed by atoms with Gasteiger partial charge in [-0.15, -0.1) is 0 Å². The topological polar surface area (TPSA) is 12.0 Å². The van der Waals surface area contributed by atoms with Crippen molar-refractivity contribution in [3.05, 3.63) is 34.3 Å². The Hall–Kier alpha value is -0.530. The van der Waals surface area contributed by atoms with Gasteiger partial charge in [-0.05, 0) is 36.1 Å². The van der Waals surface area contributed by atoms with Crippen molar-refractivity contribution in [1.82, 2.24) is 5.32 Å². The number of halogens is 1. The molecule has 2 heteroatoms. The third kappa shape index (κ3) is 3.84. The van der Waals surface area contributed by atoms with E-state index < -0.39 is 0 Å². The van der Waals surface area contributed by atoms with Gasteiger partial charge in [0.1, 0.15) is 0 Å². The minimum absolute atomic E-state index is 0.542. The lowest BCUT2D eigenvalue weighted by Gasteiger charge is -2.10. The quantitative estimate of drug-likeness (QED) is 0.748. The zero-order chi connectivity index (χ0) is 11.3. The van der Waals surface area contributed by atoms with Gasteiger partial charge in [-0.2, -0.15) is 0 Å². The summed E-state index contributed by atoms with van der Waals surface area (Å²) in [6, 6.07) is 6.37. The SMILES string of the molecule is CCCNCc1ccc(C(C)C)cc1Cl. The van der Waals surface area contributed by atoms with Gasteiger partial charge in [0.25, 0.3) is 0 Å². The normalized spacial score (nSPS) is 11.0. The summed E-state index contributed by atoms with van der Waals surface area (Å²) in [7, 11) is 0. The maximum Gasteiger partial charge on any atom is 0.0453 e. The Kier molecular flexibility index (Phi) is 5.13. The van der Waals surface area contributed by atoms with Crippen molar-refractivity contribution >= 4 is 11.6 Å². The van der Waals surface area contributed by atoms with Gasteiger partial charge in [0, 0.05) is 11.6 Å². The van der Waals surface area contributed by atoms with E-state index in [0.717, 1.165) is 24.5 Å². The molecule has 0 spiro atoms. The van der Waals surface area contributed by atoms with Crippen LogP contribution in [0.3, 0.4) is 0 Å². The standard InChI is InChI=1S/C13H20ClN/c1-4-7-15-9-12-6-5-11(10(2)3)8-13(12)14/h5-6,8,10,15H,4,7,9H2,1-3H3. The summed E-state index contributed by atoms with van der Waals surface area (Å²) in [4.78, 5) is 0. The number of rotatable bonds is 5. The molecule has 0 amide bonds. The first kappa shape index (κ1) is 12.5. The van der Waals surface area contributed by atoms with Gasteiger partial charge in [-0.3, -0.25) is 0 Å². The summed E-state index contributed by atoms with van der Waals surface area (Å²) in [5.74, 6) is 0.542. The summed E-state index contributed by atoms with van der Waals surface area (Å²) in [6.07, 6.45) is 1.15. The monoisotopic (exact) mass is 225 g/mol. The molecule has 0 aromatic heterocycles. The lowest BCUT2D eigenvalue weighted by molar-refractivity contribution is 0.675. The summed E-state index contributed by atoms with van der Waals surface area (Å²) < 4.78 is 0. The van der Waals surface area contributed by atoms with Crippen LogP contribution in [-0.2, 0) is 6.54 Å². The van der Waals surface area contributed by atoms with Crippen molar-refractivity contribution in [2.75, 3.05) is 6.54 Å². The molecule has 0 fully saturated rings. The molecule has 1 rings (SSSR count). The molecule has 1 N–H and O–H groups in total. The second-order valence-corrected chi connectivity index (χ2v) is 4.59. The van der Waals surface area contributed by atoms with E-state index in [-0.39, 0.29) is 0 Å². The van der Waals surface area contributed by atoms with Crippen LogP contribution in [0.25, 0.3) is 0 Å². The molecular weight excluding hydrogens is 206 g/mol. The van der Waals surface area contributed by atoms with Gasteiger partial charge in [0.05, 0.1) is 0 Å². The van der Waals surface area contributed by atoms with E-state index in [4.69, 9.17) is 11.6 Å². The third-order valence-electron chi connectivity index (χ3n) is 2.49. The Morgan fingerprint density at radius 1 is 1.33 bits per heavy atom. The fourth-order valence-electron chi connectivity index (χ4n) is 1.47. The van der Waals surface area contributed by atoms with Gasteiger partial charge in [0.15, 0.2) is 0 Å². The second-order valence-electron chi connectivity index (χ2n) is 4.18. The first-order chi connectivity index (χ1) is 7.15. The molecular formula is C13H20ClN. The van der Waals surface area contributed by atoms with Crippen molar-refractivity contribution in [1.29, 1.82) is 0 Å². The highest BCUT2D eigenvalue weighted by atomic mass is 35.5. The zero-order valence-electron chi connectivity index (χ0n) is 9.81. The van der Waals surface area contributed by atoms with Gasteiger partial charge < -0.3 is 5.32 Å². The smallest absolute Gasteiger partial charge is 0.0453 e. The van der Waals surface area contributed by atoms with Crippen LogP contribution in [0.15, 0.2) is 18.2 Å². The number of benzene rings is 1. The highest BCUT2D eigenvalue weighted by Crippen LogP contribution is 2.22. The molecule has 0 radical (unpaired) electrons. The number of hydrogen-bond acceptors (Lipinski definition) is 1. The Morgan fingerprint density at radius 3 is 2.60 bits per heavy atom. The summed E-state index contributed by atoms with van der Waals surface area (Å²) >= 11 is 6.21. The Morgan fingerprint density at radius 2 is 2.07 bits per heavy atom. The Bertz CT molecular complexity index is 307. The summed E-state index contributed by atoms with van der Waals surface area (Å²) in [6.45, 7) is 8.44. The van der Waals surface area contributed by atoms with Crippen molar-refractivity contribution in [3.63, 3.8) is 0 Å². The van der Waals surface area contributed by atoms with Crippen LogP contribution in [-0.4, -0.2) is 6.54 Å². The van der Waals surface area contributed by atoms with Crippen molar-refractivity contribution in [3.8, 4) is 0 Å². The molecule has 1 nitrogen and oxygen atoms in total. The van der Waals surface area contributed by atoms with E-state index in [9.17, 15) is 0 Å². The molecule has 84 valence electrons. The second kappa shape index (κ2) is 6.14. The molecule has 0 aliphatic carbocycles. The van der Waals surface area contributed by atoms with Crippen LogP contribution in [0.5, 0.6) is 0 Å². The highest BCUT2D eigenvalue weighted by molar-refractivity contribution is 6.31. The molecule has 0 saturated heterocycles. The lowest BCUT2D eigenvalue weighted by atomic mass is 10.0. The van der Waals surface area contributed by atoms with E-state index >= 15 is 0 Å². The average molecular weight is 226 g/mol. The Labute approximate surface area is 97.8 Å². The molecule has 0 aliphatic rings. The molecule has 0 heterocycles. The molecule has 1 aromatic rings. The van der Waals surface area contributed by atoms with Gasteiger partial charge >= 0.3 is 0 Å². The first-order valence-electron chi connectivity index (χ1n) is 5.64.